The van der Waals surface area contributed by atoms with Gasteiger partial charge in [-0.15, -0.1) is 0 Å². The van der Waals surface area contributed by atoms with Crippen molar-refractivity contribution >= 4 is 0 Å². The third kappa shape index (κ3) is 11.5. The number of benzene rings is 1. The number of ether oxygens (including phenoxy) is 2. The smallest absolute Gasteiger partial charge is 0.231 e. The average Bonchev–Trinajstić information content (AvgIpc) is 2.64. The average molecular weight is 367 g/mol. The van der Waals surface area contributed by atoms with Gasteiger partial charge >= 0.3 is 0 Å². The fourth-order valence-corrected chi connectivity index (χ4v) is 3.05. The van der Waals surface area contributed by atoms with Crippen molar-refractivity contribution < 1.29 is 19.7 Å². The minimum atomic E-state index is -1.34. The molecule has 0 aromatic heterocycles. The van der Waals surface area contributed by atoms with Crippen LogP contribution in [-0.4, -0.2) is 35.8 Å². The molecule has 26 heavy (non-hydrogen) atoms. The molecule has 1 aromatic carbocycles. The topological polar surface area (TPSA) is 58.9 Å². The molecule has 0 fully saturated rings. The zero-order valence-electron chi connectivity index (χ0n) is 16.5. The van der Waals surface area contributed by atoms with Crippen molar-refractivity contribution in [2.24, 2.45) is 0 Å². The molecular formula is C22H38O4. The summed E-state index contributed by atoms with van der Waals surface area (Å²) in [6.45, 7) is 2.47. The maximum atomic E-state index is 10.8. The summed E-state index contributed by atoms with van der Waals surface area (Å²) in [4.78, 5) is 0. The molecule has 0 saturated heterocycles. The van der Waals surface area contributed by atoms with E-state index in [4.69, 9.17) is 14.6 Å². The van der Waals surface area contributed by atoms with Gasteiger partial charge in [-0.3, -0.25) is 0 Å². The molecule has 0 aliphatic carbocycles. The highest BCUT2D eigenvalue weighted by Crippen LogP contribution is 2.23. The molecule has 1 unspecified atom stereocenters. The second-order valence-corrected chi connectivity index (χ2v) is 7.07. The number of hydrogen-bond donors (Lipinski definition) is 2. The summed E-state index contributed by atoms with van der Waals surface area (Å²) < 4.78 is 11.1. The fraction of sp³-hybridized carbons (Fsp3) is 0.727. The van der Waals surface area contributed by atoms with E-state index >= 15 is 0 Å². The highest BCUT2D eigenvalue weighted by Gasteiger charge is 2.29. The lowest BCUT2D eigenvalue weighted by Gasteiger charge is -2.29. The number of aliphatic hydroxyl groups is 2. The number of para-hydroxylation sites is 1. The van der Waals surface area contributed by atoms with Gasteiger partial charge in [0.05, 0.1) is 13.2 Å². The molecule has 4 nitrogen and oxygen atoms in total. The highest BCUT2D eigenvalue weighted by atomic mass is 16.6. The Morgan fingerprint density at radius 3 is 2.00 bits per heavy atom. The predicted octanol–water partition coefficient (Wildman–Crippen LogP) is 5.07. The normalized spacial score (nSPS) is 13.5. The molecule has 0 aliphatic rings. The summed E-state index contributed by atoms with van der Waals surface area (Å²) in [5, 5.41) is 19.7. The van der Waals surface area contributed by atoms with E-state index < -0.39 is 5.79 Å². The second kappa shape index (κ2) is 15.0. The van der Waals surface area contributed by atoms with Gasteiger partial charge in [0.25, 0.3) is 0 Å². The van der Waals surface area contributed by atoms with Gasteiger partial charge in [-0.25, -0.2) is 0 Å². The van der Waals surface area contributed by atoms with Gasteiger partial charge in [0, 0.05) is 6.42 Å². The molecule has 0 bridgehead atoms. The molecule has 150 valence electrons. The first kappa shape index (κ1) is 22.9. The maximum absolute atomic E-state index is 10.8. The Hall–Kier alpha value is -1.10. The van der Waals surface area contributed by atoms with Gasteiger partial charge in [-0.1, -0.05) is 82.9 Å². The highest BCUT2D eigenvalue weighted by molar-refractivity contribution is 5.21. The van der Waals surface area contributed by atoms with E-state index in [1.54, 1.807) is 0 Å². The zero-order chi connectivity index (χ0) is 18.9. The molecule has 0 radical (unpaired) electrons. The van der Waals surface area contributed by atoms with Crippen molar-refractivity contribution in [2.45, 2.75) is 83.3 Å². The van der Waals surface area contributed by atoms with Gasteiger partial charge in [-0.05, 0) is 18.6 Å². The maximum Gasteiger partial charge on any atom is 0.231 e. The van der Waals surface area contributed by atoms with Crippen molar-refractivity contribution in [3.05, 3.63) is 30.3 Å². The van der Waals surface area contributed by atoms with Crippen LogP contribution in [0.15, 0.2) is 30.3 Å². The summed E-state index contributed by atoms with van der Waals surface area (Å²) in [6.07, 6.45) is 13.0. The van der Waals surface area contributed by atoms with Crippen LogP contribution in [0, 0.1) is 0 Å². The summed E-state index contributed by atoms with van der Waals surface area (Å²) in [5.41, 5.74) is 0. The lowest BCUT2D eigenvalue weighted by atomic mass is 10.0. The molecule has 0 saturated carbocycles. The van der Waals surface area contributed by atoms with Crippen LogP contribution in [0.25, 0.3) is 0 Å². The van der Waals surface area contributed by atoms with E-state index in [-0.39, 0.29) is 19.8 Å². The number of hydrogen-bond acceptors (Lipinski definition) is 4. The standard InChI is InChI=1S/C22H38O4/c1-2-3-4-5-6-7-8-9-10-14-17-22(24,20-25-19-18-23)26-21-15-12-11-13-16-21/h11-13,15-16,23-24H,2-10,14,17-20H2,1H3. The summed E-state index contributed by atoms with van der Waals surface area (Å²) in [7, 11) is 0. The number of unbranched alkanes of at least 4 members (excludes halogenated alkanes) is 9. The Balaban J connectivity index is 2.23. The van der Waals surface area contributed by atoms with Crippen molar-refractivity contribution in [3.8, 4) is 5.75 Å². The van der Waals surface area contributed by atoms with Crippen LogP contribution < -0.4 is 4.74 Å². The molecular weight excluding hydrogens is 328 g/mol. The molecule has 0 spiro atoms. The first-order valence-electron chi connectivity index (χ1n) is 10.4. The van der Waals surface area contributed by atoms with Gasteiger partial charge in [0.2, 0.25) is 5.79 Å². The largest absolute Gasteiger partial charge is 0.460 e. The van der Waals surface area contributed by atoms with Crippen LogP contribution in [0.1, 0.15) is 77.6 Å². The van der Waals surface area contributed by atoms with Crippen molar-refractivity contribution in [2.75, 3.05) is 19.8 Å². The molecule has 2 N–H and O–H groups in total. The van der Waals surface area contributed by atoms with Gasteiger partial charge in [-0.2, -0.15) is 0 Å². The Labute approximate surface area is 159 Å². The molecule has 1 aromatic rings. The lowest BCUT2D eigenvalue weighted by molar-refractivity contribution is -0.184. The van der Waals surface area contributed by atoms with Gasteiger partial charge < -0.3 is 19.7 Å². The van der Waals surface area contributed by atoms with Crippen molar-refractivity contribution in [3.63, 3.8) is 0 Å². The Morgan fingerprint density at radius 2 is 1.42 bits per heavy atom. The first-order valence-corrected chi connectivity index (χ1v) is 10.4. The minimum absolute atomic E-state index is 0.0559. The lowest BCUT2D eigenvalue weighted by Crippen LogP contribution is -2.41. The second-order valence-electron chi connectivity index (χ2n) is 7.07. The van der Waals surface area contributed by atoms with Crippen LogP contribution in [0.3, 0.4) is 0 Å². The van der Waals surface area contributed by atoms with E-state index in [0.717, 1.165) is 12.8 Å². The summed E-state index contributed by atoms with van der Waals surface area (Å²) >= 11 is 0. The Bertz CT molecular complexity index is 423. The molecule has 1 atom stereocenters. The van der Waals surface area contributed by atoms with Crippen molar-refractivity contribution in [1.29, 1.82) is 0 Å². The number of rotatable bonds is 17. The van der Waals surface area contributed by atoms with Crippen LogP contribution in [0.5, 0.6) is 5.75 Å². The molecule has 0 aliphatic heterocycles. The van der Waals surface area contributed by atoms with E-state index in [9.17, 15) is 5.11 Å². The third-order valence-corrected chi connectivity index (χ3v) is 4.54. The fourth-order valence-electron chi connectivity index (χ4n) is 3.05. The van der Waals surface area contributed by atoms with Crippen LogP contribution >= 0.6 is 0 Å². The van der Waals surface area contributed by atoms with E-state index in [0.29, 0.717) is 12.2 Å². The Morgan fingerprint density at radius 1 is 0.846 bits per heavy atom. The van der Waals surface area contributed by atoms with Crippen molar-refractivity contribution in [1.82, 2.24) is 0 Å². The van der Waals surface area contributed by atoms with Crippen LogP contribution in [0.2, 0.25) is 0 Å². The van der Waals surface area contributed by atoms with Gasteiger partial charge in [0.15, 0.2) is 0 Å². The van der Waals surface area contributed by atoms with Gasteiger partial charge in [0.1, 0.15) is 12.4 Å². The predicted molar refractivity (Wildman–Crippen MR) is 106 cm³/mol. The molecule has 0 heterocycles. The third-order valence-electron chi connectivity index (χ3n) is 4.54. The number of aliphatic hydroxyl groups excluding tert-OH is 1. The molecule has 1 rings (SSSR count). The zero-order valence-corrected chi connectivity index (χ0v) is 16.5. The van der Waals surface area contributed by atoms with Crippen LogP contribution in [0.4, 0.5) is 0 Å². The Kier molecular flexibility index (Phi) is 13.2. The summed E-state index contributed by atoms with van der Waals surface area (Å²) in [6, 6.07) is 9.33. The van der Waals surface area contributed by atoms with Crippen LogP contribution in [-0.2, 0) is 4.74 Å². The molecule has 0 amide bonds. The SMILES string of the molecule is CCCCCCCCCCCCC(O)(COCCO)Oc1ccccc1. The minimum Gasteiger partial charge on any atom is -0.460 e. The molecule has 4 heteroatoms. The first-order chi connectivity index (χ1) is 12.7. The quantitative estimate of drug-likeness (QED) is 0.298. The van der Waals surface area contributed by atoms with E-state index in [1.807, 2.05) is 30.3 Å². The summed E-state index contributed by atoms with van der Waals surface area (Å²) in [5.74, 6) is -0.703. The van der Waals surface area contributed by atoms with E-state index in [1.165, 1.54) is 51.4 Å². The van der Waals surface area contributed by atoms with E-state index in [2.05, 4.69) is 6.92 Å². The monoisotopic (exact) mass is 366 g/mol.